The fraction of sp³-hybridized carbons (Fsp3) is 0.538. The third-order valence-electron chi connectivity index (χ3n) is 6.74. The van der Waals surface area contributed by atoms with Gasteiger partial charge in [-0.2, -0.15) is 0 Å². The minimum absolute atomic E-state index is 0.0294. The third kappa shape index (κ3) is 5.31. The molecule has 0 saturated carbocycles. The Labute approximate surface area is 171 Å². The van der Waals surface area contributed by atoms with Crippen LogP contribution < -0.4 is 0 Å². The second-order valence-corrected chi connectivity index (χ2v) is 10.6. The summed E-state index contributed by atoms with van der Waals surface area (Å²) >= 11 is 0. The van der Waals surface area contributed by atoms with E-state index in [0.29, 0.717) is 17.4 Å². The molecule has 0 unspecified atom stereocenters. The number of rotatable bonds is 7. The van der Waals surface area contributed by atoms with Gasteiger partial charge in [0.1, 0.15) is 11.5 Å². The summed E-state index contributed by atoms with van der Waals surface area (Å²) in [5.74, 6) is 1.07. The number of phenolic OH excluding ortho intramolecular Hbond substituents is 2. The van der Waals surface area contributed by atoms with Crippen molar-refractivity contribution < 1.29 is 10.2 Å². The average molecular weight is 383 g/mol. The van der Waals surface area contributed by atoms with Crippen LogP contribution in [0.1, 0.15) is 78.4 Å². The van der Waals surface area contributed by atoms with Crippen molar-refractivity contribution in [1.29, 1.82) is 0 Å². The van der Waals surface area contributed by atoms with Crippen molar-refractivity contribution in [3.63, 3.8) is 0 Å². The second-order valence-electron chi connectivity index (χ2n) is 10.6. The van der Waals surface area contributed by atoms with E-state index in [4.69, 9.17) is 0 Å². The first-order valence-corrected chi connectivity index (χ1v) is 10.4. The summed E-state index contributed by atoms with van der Waals surface area (Å²) in [6, 6.07) is 15.4. The van der Waals surface area contributed by atoms with Gasteiger partial charge in [0.2, 0.25) is 0 Å². The van der Waals surface area contributed by atoms with Gasteiger partial charge in [0.25, 0.3) is 0 Å². The molecule has 0 saturated heterocycles. The summed E-state index contributed by atoms with van der Waals surface area (Å²) < 4.78 is 0. The lowest BCUT2D eigenvalue weighted by Crippen LogP contribution is -2.39. The lowest BCUT2D eigenvalue weighted by Gasteiger charge is -2.49. The Bertz CT molecular complexity index is 764. The number of phenols is 2. The van der Waals surface area contributed by atoms with Gasteiger partial charge in [-0.05, 0) is 70.8 Å². The first-order chi connectivity index (χ1) is 12.8. The summed E-state index contributed by atoms with van der Waals surface area (Å²) in [6.45, 7) is 16.3. The zero-order chi connectivity index (χ0) is 21.2. The summed E-state index contributed by atoms with van der Waals surface area (Å²) in [4.78, 5) is 0. The van der Waals surface area contributed by atoms with E-state index in [1.807, 2.05) is 18.2 Å². The average Bonchev–Trinajstić information content (AvgIpc) is 2.59. The molecule has 0 amide bonds. The van der Waals surface area contributed by atoms with Gasteiger partial charge in [-0.3, -0.25) is 0 Å². The van der Waals surface area contributed by atoms with Crippen LogP contribution in [0.4, 0.5) is 0 Å². The van der Waals surface area contributed by atoms with Crippen molar-refractivity contribution in [3.8, 4) is 11.5 Å². The molecule has 2 nitrogen and oxygen atoms in total. The molecular weight excluding hydrogens is 344 g/mol. The van der Waals surface area contributed by atoms with Gasteiger partial charge in [0.15, 0.2) is 0 Å². The maximum atomic E-state index is 10.2. The van der Waals surface area contributed by atoms with Crippen LogP contribution in [0.15, 0.2) is 48.5 Å². The van der Waals surface area contributed by atoms with Gasteiger partial charge >= 0.3 is 0 Å². The van der Waals surface area contributed by atoms with Crippen LogP contribution >= 0.6 is 0 Å². The van der Waals surface area contributed by atoms with E-state index in [-0.39, 0.29) is 16.2 Å². The molecule has 154 valence electrons. The largest absolute Gasteiger partial charge is 0.508 e. The lowest BCUT2D eigenvalue weighted by atomic mass is 9.55. The summed E-state index contributed by atoms with van der Waals surface area (Å²) in [6.07, 6.45) is 2.93. The Balaban J connectivity index is 2.33. The molecule has 0 bridgehead atoms. The van der Waals surface area contributed by atoms with Gasteiger partial charge in [-0.1, -0.05) is 78.8 Å². The van der Waals surface area contributed by atoms with Crippen molar-refractivity contribution >= 4 is 0 Å². The van der Waals surface area contributed by atoms with Crippen LogP contribution in [0.2, 0.25) is 0 Å². The maximum Gasteiger partial charge on any atom is 0.118 e. The highest BCUT2D eigenvalue weighted by molar-refractivity contribution is 5.32. The van der Waals surface area contributed by atoms with Crippen LogP contribution in [-0.2, 0) is 6.42 Å². The van der Waals surface area contributed by atoms with Crippen LogP contribution in [0.25, 0.3) is 0 Å². The molecule has 0 aliphatic heterocycles. The highest BCUT2D eigenvalue weighted by Gasteiger charge is 2.44. The predicted molar refractivity (Wildman–Crippen MR) is 119 cm³/mol. The second kappa shape index (κ2) is 8.19. The zero-order valence-corrected chi connectivity index (χ0v) is 18.7. The Kier molecular flexibility index (Phi) is 6.53. The number of hydrogen-bond acceptors (Lipinski definition) is 2. The first-order valence-electron chi connectivity index (χ1n) is 10.4. The van der Waals surface area contributed by atoms with Crippen LogP contribution in [0.3, 0.4) is 0 Å². The molecule has 2 rings (SSSR count). The van der Waals surface area contributed by atoms with Crippen molar-refractivity contribution in [2.24, 2.45) is 16.2 Å². The molecule has 2 aromatic rings. The van der Waals surface area contributed by atoms with E-state index >= 15 is 0 Å². The molecule has 0 radical (unpaired) electrons. The molecule has 0 aliphatic rings. The van der Waals surface area contributed by atoms with Crippen LogP contribution in [0.5, 0.6) is 11.5 Å². The molecule has 1 atom stereocenters. The number of aryl methyl sites for hydroxylation is 1. The van der Waals surface area contributed by atoms with E-state index in [1.165, 1.54) is 5.56 Å². The minimum Gasteiger partial charge on any atom is -0.508 e. The third-order valence-corrected chi connectivity index (χ3v) is 6.74. The lowest BCUT2D eigenvalue weighted by molar-refractivity contribution is 0.0487. The number of aromatic hydroxyl groups is 2. The molecule has 0 aliphatic carbocycles. The monoisotopic (exact) mass is 382 g/mol. The summed E-state index contributed by atoms with van der Waals surface area (Å²) in [5, 5.41) is 19.9. The summed E-state index contributed by atoms with van der Waals surface area (Å²) in [7, 11) is 0. The van der Waals surface area contributed by atoms with Gasteiger partial charge < -0.3 is 10.2 Å². The van der Waals surface area contributed by atoms with Crippen molar-refractivity contribution in [2.75, 3.05) is 0 Å². The van der Waals surface area contributed by atoms with E-state index in [2.05, 4.69) is 60.6 Å². The molecule has 28 heavy (non-hydrogen) atoms. The molecule has 0 spiro atoms. The zero-order valence-electron chi connectivity index (χ0n) is 18.7. The highest BCUT2D eigenvalue weighted by atomic mass is 16.3. The quantitative estimate of drug-likeness (QED) is 0.527. The molecule has 0 fully saturated rings. The van der Waals surface area contributed by atoms with E-state index in [1.54, 1.807) is 18.2 Å². The van der Waals surface area contributed by atoms with Crippen molar-refractivity contribution in [3.05, 3.63) is 59.7 Å². The van der Waals surface area contributed by atoms with E-state index in [9.17, 15) is 10.2 Å². The van der Waals surface area contributed by atoms with Gasteiger partial charge in [-0.15, -0.1) is 0 Å². The summed E-state index contributed by atoms with van der Waals surface area (Å²) in [5.41, 5.74) is 2.59. The van der Waals surface area contributed by atoms with E-state index < -0.39 is 0 Å². The van der Waals surface area contributed by atoms with Crippen LogP contribution in [0, 0.1) is 16.2 Å². The fourth-order valence-corrected chi connectivity index (χ4v) is 4.07. The van der Waals surface area contributed by atoms with E-state index in [0.717, 1.165) is 24.8 Å². The normalized spacial score (nSPS) is 14.1. The minimum atomic E-state index is 0.0294. The molecule has 0 aromatic heterocycles. The molecular formula is C26H38O2. The first kappa shape index (κ1) is 22.3. The molecule has 2 aromatic carbocycles. The number of para-hydroxylation sites is 1. The van der Waals surface area contributed by atoms with Crippen molar-refractivity contribution in [1.82, 2.24) is 0 Å². The molecule has 0 heterocycles. The molecule has 2 N–H and O–H groups in total. The molecule has 2 heteroatoms. The topological polar surface area (TPSA) is 40.5 Å². The van der Waals surface area contributed by atoms with Gasteiger partial charge in [0.05, 0.1) is 0 Å². The smallest absolute Gasteiger partial charge is 0.118 e. The number of benzene rings is 2. The number of hydrogen-bond donors (Lipinski definition) is 2. The Morgan fingerprint density at radius 2 is 1.36 bits per heavy atom. The van der Waals surface area contributed by atoms with Gasteiger partial charge in [-0.25, -0.2) is 0 Å². The Hall–Kier alpha value is -1.96. The van der Waals surface area contributed by atoms with Crippen LogP contribution in [-0.4, -0.2) is 10.2 Å². The SMILES string of the molecule is CC(C)(C)C[C@H](c1ccc(O)cc1)C(C)(C)C(C)(C)CCc1ccccc1O. The Morgan fingerprint density at radius 1 is 0.786 bits per heavy atom. The highest BCUT2D eigenvalue weighted by Crippen LogP contribution is 2.54. The predicted octanol–water partition coefficient (Wildman–Crippen LogP) is 7.30. The standard InChI is InChI=1S/C26H38O2/c1-24(2,3)18-22(19-12-14-21(27)15-13-19)26(6,7)25(4,5)17-16-20-10-8-9-11-23(20)28/h8-15,22,27-28H,16-18H2,1-7H3/t22-/m1/s1. The Morgan fingerprint density at radius 3 is 1.89 bits per heavy atom. The van der Waals surface area contributed by atoms with Gasteiger partial charge in [0, 0.05) is 0 Å². The fourth-order valence-electron chi connectivity index (χ4n) is 4.07. The van der Waals surface area contributed by atoms with Crippen molar-refractivity contribution in [2.45, 2.75) is 73.6 Å². The maximum absolute atomic E-state index is 10.2.